The molecule has 1 N–H and O–H groups in total. The Morgan fingerprint density at radius 2 is 1.69 bits per heavy atom. The molecule has 6 nitrogen and oxygen atoms in total. The van der Waals surface area contributed by atoms with Crippen molar-refractivity contribution in [2.45, 2.75) is 45.2 Å². The first-order valence-electron chi connectivity index (χ1n) is 9.57. The fourth-order valence-corrected chi connectivity index (χ4v) is 4.57. The van der Waals surface area contributed by atoms with E-state index >= 15 is 0 Å². The van der Waals surface area contributed by atoms with Crippen LogP contribution in [0, 0.1) is 0 Å². The van der Waals surface area contributed by atoms with Crippen LogP contribution in [0.4, 0.5) is 5.69 Å². The quantitative estimate of drug-likeness (QED) is 0.677. The molecule has 2 rings (SSSR count). The third-order valence-corrected chi connectivity index (χ3v) is 5.79. The lowest BCUT2D eigenvalue weighted by atomic mass is 9.94. The molecule has 0 aliphatic heterocycles. The van der Waals surface area contributed by atoms with Crippen molar-refractivity contribution in [1.82, 2.24) is 5.32 Å². The highest BCUT2D eigenvalue weighted by Gasteiger charge is 2.34. The molecule has 1 amide bonds. The van der Waals surface area contributed by atoms with Crippen molar-refractivity contribution in [3.8, 4) is 5.75 Å². The highest BCUT2D eigenvalue weighted by molar-refractivity contribution is 7.92. The van der Waals surface area contributed by atoms with Crippen molar-refractivity contribution in [2.24, 2.45) is 0 Å². The maximum absolute atomic E-state index is 13.1. The molecule has 0 fully saturated rings. The fraction of sp³-hybridized carbons (Fsp3) is 0.409. The Balaban J connectivity index is 2.27. The van der Waals surface area contributed by atoms with Crippen LogP contribution in [0.3, 0.4) is 0 Å². The number of anilines is 1. The van der Waals surface area contributed by atoms with E-state index in [9.17, 15) is 13.2 Å². The third kappa shape index (κ3) is 6.22. The summed E-state index contributed by atoms with van der Waals surface area (Å²) >= 11 is 0. The average molecular weight is 419 g/mol. The number of rotatable bonds is 9. The van der Waals surface area contributed by atoms with Gasteiger partial charge in [0.2, 0.25) is 15.9 Å². The number of carbonyl (C=O) groups excluding carboxylic acids is 1. The SMILES string of the molecule is CC[C@H](C(=O)NC(C)(C)Cc1ccccc1)N(c1ccc(OC)cc1)S(C)(=O)=O. The summed E-state index contributed by atoms with van der Waals surface area (Å²) in [5.74, 6) is 0.290. The van der Waals surface area contributed by atoms with Gasteiger partial charge in [0, 0.05) is 5.54 Å². The number of amides is 1. The van der Waals surface area contributed by atoms with Crippen LogP contribution in [-0.2, 0) is 21.2 Å². The number of benzene rings is 2. The monoisotopic (exact) mass is 418 g/mol. The molecule has 0 aliphatic rings. The molecule has 0 saturated carbocycles. The molecule has 7 heteroatoms. The van der Waals surface area contributed by atoms with Crippen LogP contribution in [-0.4, -0.2) is 39.3 Å². The molecule has 0 aromatic heterocycles. The second-order valence-electron chi connectivity index (χ2n) is 7.72. The molecule has 29 heavy (non-hydrogen) atoms. The number of nitrogens with zero attached hydrogens (tertiary/aromatic N) is 1. The molecule has 0 radical (unpaired) electrons. The van der Waals surface area contributed by atoms with E-state index in [0.717, 1.165) is 11.8 Å². The molecule has 0 unspecified atom stereocenters. The van der Waals surface area contributed by atoms with Gasteiger partial charge in [-0.3, -0.25) is 9.10 Å². The lowest BCUT2D eigenvalue weighted by Crippen LogP contribution is -2.55. The number of methoxy groups -OCH3 is 1. The van der Waals surface area contributed by atoms with Gasteiger partial charge in [-0.15, -0.1) is 0 Å². The first kappa shape index (κ1) is 22.7. The molecule has 2 aromatic rings. The Hall–Kier alpha value is -2.54. The molecule has 2 aromatic carbocycles. The van der Waals surface area contributed by atoms with Crippen molar-refractivity contribution in [2.75, 3.05) is 17.7 Å². The Morgan fingerprint density at radius 3 is 2.17 bits per heavy atom. The Morgan fingerprint density at radius 1 is 1.10 bits per heavy atom. The summed E-state index contributed by atoms with van der Waals surface area (Å²) in [5.41, 5.74) is 0.992. The minimum Gasteiger partial charge on any atom is -0.497 e. The summed E-state index contributed by atoms with van der Waals surface area (Å²) in [7, 11) is -2.13. The lowest BCUT2D eigenvalue weighted by Gasteiger charge is -2.34. The van der Waals surface area contributed by atoms with E-state index in [4.69, 9.17) is 4.74 Å². The van der Waals surface area contributed by atoms with E-state index in [1.807, 2.05) is 44.2 Å². The summed E-state index contributed by atoms with van der Waals surface area (Å²) in [6.45, 7) is 5.67. The van der Waals surface area contributed by atoms with Gasteiger partial charge in [-0.2, -0.15) is 0 Å². The average Bonchev–Trinajstić information content (AvgIpc) is 2.65. The summed E-state index contributed by atoms with van der Waals surface area (Å²) in [5, 5.41) is 3.03. The Bertz CT molecular complexity index is 910. The zero-order valence-electron chi connectivity index (χ0n) is 17.7. The molecule has 1 atom stereocenters. The maximum atomic E-state index is 13.1. The normalized spacial score (nSPS) is 12.9. The summed E-state index contributed by atoms with van der Waals surface area (Å²) in [4.78, 5) is 13.1. The first-order valence-corrected chi connectivity index (χ1v) is 11.4. The number of nitrogens with one attached hydrogen (secondary N) is 1. The molecular formula is C22H30N2O4S. The largest absolute Gasteiger partial charge is 0.497 e. The van der Waals surface area contributed by atoms with E-state index in [0.29, 0.717) is 24.3 Å². The zero-order chi connectivity index (χ0) is 21.7. The predicted octanol–water partition coefficient (Wildman–Crippen LogP) is 3.38. The Labute approximate surface area is 173 Å². The minimum atomic E-state index is -3.68. The molecule has 0 spiro atoms. The van der Waals surface area contributed by atoms with Crippen LogP contribution >= 0.6 is 0 Å². The van der Waals surface area contributed by atoms with Gasteiger partial charge in [-0.05, 0) is 56.5 Å². The van der Waals surface area contributed by atoms with Gasteiger partial charge in [0.25, 0.3) is 0 Å². The van der Waals surface area contributed by atoms with Crippen molar-refractivity contribution in [3.05, 3.63) is 60.2 Å². The van der Waals surface area contributed by atoms with Crippen molar-refractivity contribution in [1.29, 1.82) is 0 Å². The number of carbonyl (C=O) groups is 1. The van der Waals surface area contributed by atoms with Gasteiger partial charge >= 0.3 is 0 Å². The summed E-state index contributed by atoms with van der Waals surface area (Å²) in [6, 6.07) is 15.7. The van der Waals surface area contributed by atoms with Crippen LogP contribution in [0.5, 0.6) is 5.75 Å². The summed E-state index contributed by atoms with van der Waals surface area (Å²) in [6.07, 6.45) is 2.09. The van der Waals surface area contributed by atoms with E-state index in [2.05, 4.69) is 5.32 Å². The van der Waals surface area contributed by atoms with Crippen molar-refractivity contribution in [3.63, 3.8) is 0 Å². The molecule has 158 valence electrons. The number of hydrogen-bond donors (Lipinski definition) is 1. The topological polar surface area (TPSA) is 75.7 Å². The number of hydrogen-bond acceptors (Lipinski definition) is 4. The van der Waals surface area contributed by atoms with E-state index in [1.165, 1.54) is 4.31 Å². The van der Waals surface area contributed by atoms with E-state index in [1.54, 1.807) is 38.3 Å². The van der Waals surface area contributed by atoms with Crippen LogP contribution in [0.15, 0.2) is 54.6 Å². The third-order valence-electron chi connectivity index (χ3n) is 4.61. The second-order valence-corrected chi connectivity index (χ2v) is 9.58. The Kier molecular flexibility index (Phi) is 7.30. The van der Waals surface area contributed by atoms with Gasteiger partial charge < -0.3 is 10.1 Å². The van der Waals surface area contributed by atoms with Crippen LogP contribution in [0.1, 0.15) is 32.8 Å². The van der Waals surface area contributed by atoms with Gasteiger partial charge in [-0.25, -0.2) is 8.42 Å². The van der Waals surface area contributed by atoms with Crippen LogP contribution in [0.2, 0.25) is 0 Å². The highest BCUT2D eigenvalue weighted by Crippen LogP contribution is 2.25. The smallest absolute Gasteiger partial charge is 0.244 e. The molecule has 0 saturated heterocycles. The molecular weight excluding hydrogens is 388 g/mol. The second kappa shape index (κ2) is 9.31. The fourth-order valence-electron chi connectivity index (χ4n) is 3.36. The zero-order valence-corrected chi connectivity index (χ0v) is 18.5. The molecule has 0 aliphatic carbocycles. The van der Waals surface area contributed by atoms with Gasteiger partial charge in [0.1, 0.15) is 11.8 Å². The number of sulfonamides is 1. The van der Waals surface area contributed by atoms with Gasteiger partial charge in [-0.1, -0.05) is 37.3 Å². The van der Waals surface area contributed by atoms with Crippen molar-refractivity contribution >= 4 is 21.6 Å². The molecule has 0 bridgehead atoms. The summed E-state index contributed by atoms with van der Waals surface area (Å²) < 4.78 is 31.4. The lowest BCUT2D eigenvalue weighted by molar-refractivity contribution is -0.123. The maximum Gasteiger partial charge on any atom is 0.244 e. The van der Waals surface area contributed by atoms with E-state index < -0.39 is 21.6 Å². The highest BCUT2D eigenvalue weighted by atomic mass is 32.2. The van der Waals surface area contributed by atoms with Gasteiger partial charge in [0.15, 0.2) is 0 Å². The standard InChI is InChI=1S/C22H30N2O4S/c1-6-20(21(25)23-22(2,3)16-17-10-8-7-9-11-17)24(29(5,26)27)18-12-14-19(28-4)15-13-18/h7-15,20H,6,16H2,1-5H3,(H,23,25)/t20-/m1/s1. The number of ether oxygens (including phenoxy) is 1. The molecule has 0 heterocycles. The van der Waals surface area contributed by atoms with E-state index in [-0.39, 0.29) is 5.91 Å². The predicted molar refractivity (Wildman–Crippen MR) is 117 cm³/mol. The van der Waals surface area contributed by atoms with Crippen LogP contribution < -0.4 is 14.4 Å². The first-order chi connectivity index (χ1) is 13.6. The van der Waals surface area contributed by atoms with Crippen LogP contribution in [0.25, 0.3) is 0 Å². The minimum absolute atomic E-state index is 0.324. The van der Waals surface area contributed by atoms with Gasteiger partial charge in [0.05, 0.1) is 19.1 Å². The van der Waals surface area contributed by atoms with Crippen molar-refractivity contribution < 1.29 is 17.9 Å².